The Morgan fingerprint density at radius 3 is 2.38 bits per heavy atom. The average Bonchev–Trinajstić information content (AvgIpc) is 3.31. The number of carboxylic acids is 1. The van der Waals surface area contributed by atoms with Crippen LogP contribution in [-0.4, -0.2) is 37.9 Å². The van der Waals surface area contributed by atoms with Crippen molar-refractivity contribution in [1.29, 1.82) is 0 Å². The van der Waals surface area contributed by atoms with Crippen LogP contribution < -0.4 is 15.4 Å². The number of benzene rings is 3. The molecule has 1 aliphatic carbocycles. The van der Waals surface area contributed by atoms with E-state index in [1.165, 1.54) is 24.3 Å². The molecule has 3 aromatic rings. The number of ketones is 1. The molecule has 1 unspecified atom stereocenters. The first-order chi connectivity index (χ1) is 18.6. The van der Waals surface area contributed by atoms with Gasteiger partial charge in [0.2, 0.25) is 0 Å². The van der Waals surface area contributed by atoms with Gasteiger partial charge in [-0.3, -0.25) is 14.3 Å². The third-order valence-electron chi connectivity index (χ3n) is 6.40. The van der Waals surface area contributed by atoms with Crippen LogP contribution in [-0.2, 0) is 21.2 Å². The number of aliphatic carboxylic acids is 1. The third-order valence-corrected chi connectivity index (χ3v) is 8.48. The molecule has 4 rings (SSSR count). The molecule has 204 valence electrons. The van der Waals surface area contributed by atoms with Crippen molar-refractivity contribution in [1.82, 2.24) is 10.6 Å². The lowest BCUT2D eigenvalue weighted by Gasteiger charge is -2.18. The Labute approximate surface area is 235 Å². The van der Waals surface area contributed by atoms with Gasteiger partial charge in [-0.15, -0.1) is 0 Å². The van der Waals surface area contributed by atoms with Crippen molar-refractivity contribution >= 4 is 56.7 Å². The average molecular weight is 590 g/mol. The molecule has 39 heavy (non-hydrogen) atoms. The third kappa shape index (κ3) is 6.70. The number of fused-ring (bicyclic) bond motifs is 1. The van der Waals surface area contributed by atoms with Crippen LogP contribution in [0.2, 0.25) is 10.0 Å². The van der Waals surface area contributed by atoms with E-state index >= 15 is 0 Å². The predicted molar refractivity (Wildman–Crippen MR) is 148 cm³/mol. The van der Waals surface area contributed by atoms with Gasteiger partial charge in [0.05, 0.1) is 38.2 Å². The van der Waals surface area contributed by atoms with Crippen LogP contribution in [0, 0.1) is 5.92 Å². The summed E-state index contributed by atoms with van der Waals surface area (Å²) in [6, 6.07) is 17.2. The van der Waals surface area contributed by atoms with Crippen LogP contribution in [0.4, 0.5) is 10.5 Å². The molecule has 0 radical (unpaired) electrons. The van der Waals surface area contributed by atoms with Gasteiger partial charge in [-0.1, -0.05) is 65.7 Å². The van der Waals surface area contributed by atoms with Crippen molar-refractivity contribution in [2.45, 2.75) is 30.2 Å². The highest BCUT2D eigenvalue weighted by atomic mass is 35.5. The van der Waals surface area contributed by atoms with Crippen LogP contribution in [0.1, 0.15) is 40.4 Å². The monoisotopic (exact) mass is 589 g/mol. The van der Waals surface area contributed by atoms with Crippen LogP contribution in [0.15, 0.2) is 71.6 Å². The molecule has 0 saturated heterocycles. The number of halogens is 2. The molecule has 1 aliphatic rings. The quantitative estimate of drug-likeness (QED) is 0.244. The number of carbonyl (C=O) groups excluding carboxylic acids is 2. The van der Waals surface area contributed by atoms with Gasteiger partial charge in [0.25, 0.3) is 10.0 Å². The minimum Gasteiger partial charge on any atom is -0.481 e. The molecule has 0 fully saturated rings. The van der Waals surface area contributed by atoms with Gasteiger partial charge in [-0.2, -0.15) is 0 Å². The fourth-order valence-electron chi connectivity index (χ4n) is 4.40. The molecule has 9 nitrogen and oxygen atoms in total. The van der Waals surface area contributed by atoms with Crippen molar-refractivity contribution < 1.29 is 27.9 Å². The summed E-state index contributed by atoms with van der Waals surface area (Å²) < 4.78 is 27.8. The molecule has 0 aliphatic heterocycles. The van der Waals surface area contributed by atoms with Gasteiger partial charge in [0.15, 0.2) is 5.78 Å². The minimum atomic E-state index is -4.01. The summed E-state index contributed by atoms with van der Waals surface area (Å²) >= 11 is 12.6. The molecule has 0 heterocycles. The maximum atomic E-state index is 13.1. The summed E-state index contributed by atoms with van der Waals surface area (Å²) in [4.78, 5) is 37.5. The maximum Gasteiger partial charge on any atom is 0.315 e. The number of rotatable bonds is 10. The van der Waals surface area contributed by atoms with Crippen molar-refractivity contribution in [3.63, 3.8) is 0 Å². The molecule has 12 heteroatoms. The summed E-state index contributed by atoms with van der Waals surface area (Å²) in [5.41, 5.74) is 1.86. The van der Waals surface area contributed by atoms with Gasteiger partial charge in [0, 0.05) is 13.0 Å². The highest BCUT2D eigenvalue weighted by molar-refractivity contribution is 7.92. The Balaban J connectivity index is 1.43. The number of aryl methyl sites for hydroxylation is 1. The number of amides is 2. The Morgan fingerprint density at radius 1 is 0.974 bits per heavy atom. The van der Waals surface area contributed by atoms with E-state index in [0.717, 1.165) is 24.0 Å². The van der Waals surface area contributed by atoms with E-state index in [0.29, 0.717) is 0 Å². The van der Waals surface area contributed by atoms with Crippen LogP contribution in [0.25, 0.3) is 0 Å². The topological polar surface area (TPSA) is 142 Å². The van der Waals surface area contributed by atoms with Crippen molar-refractivity contribution in [3.05, 3.63) is 93.5 Å². The molecular formula is C27H25Cl2N3O6S. The van der Waals surface area contributed by atoms with E-state index in [4.69, 9.17) is 23.2 Å². The van der Waals surface area contributed by atoms with Gasteiger partial charge in [0.1, 0.15) is 0 Å². The van der Waals surface area contributed by atoms with E-state index in [9.17, 15) is 27.9 Å². The normalized spacial score (nSPS) is 15.2. The Morgan fingerprint density at radius 2 is 1.67 bits per heavy atom. The second-order valence-electron chi connectivity index (χ2n) is 9.01. The Hall–Kier alpha value is -3.60. The number of carbonyl (C=O) groups is 3. The van der Waals surface area contributed by atoms with Crippen LogP contribution in [0.3, 0.4) is 0 Å². The molecule has 0 spiro atoms. The Kier molecular flexibility index (Phi) is 8.79. The van der Waals surface area contributed by atoms with E-state index in [1.807, 2.05) is 24.3 Å². The van der Waals surface area contributed by atoms with Gasteiger partial charge < -0.3 is 15.7 Å². The number of carboxylic acid groups (broad SMARTS) is 1. The zero-order chi connectivity index (χ0) is 28.2. The molecule has 0 saturated carbocycles. The van der Waals surface area contributed by atoms with E-state index in [-0.39, 0.29) is 38.8 Å². The number of anilines is 1. The fourth-order valence-corrected chi connectivity index (χ4v) is 6.17. The van der Waals surface area contributed by atoms with Crippen molar-refractivity contribution in [2.24, 2.45) is 5.92 Å². The summed E-state index contributed by atoms with van der Waals surface area (Å²) in [6.07, 6.45) is 1.03. The fraction of sp³-hybridized carbons (Fsp3) is 0.222. The Bertz CT molecular complexity index is 1520. The number of hydrogen-bond acceptors (Lipinski definition) is 5. The summed E-state index contributed by atoms with van der Waals surface area (Å²) in [6.45, 7) is -0.323. The summed E-state index contributed by atoms with van der Waals surface area (Å²) in [7, 11) is -4.01. The maximum absolute atomic E-state index is 13.1. The zero-order valence-corrected chi connectivity index (χ0v) is 22.8. The standard InChI is InChI=1S/C27H25Cl2N3O6S/c28-20-11-13-22(32-39(37,38)18-7-2-1-3-8-18)25(29)24(20)23(33)14-17(26(34)35)15-30-27(36)31-21-12-10-16-6-4-5-9-19(16)21/h1-9,11,13,17,21,32H,10,12,14-15H2,(H,34,35)(H2,30,31,36)/t17?,21-/m1/s1. The smallest absolute Gasteiger partial charge is 0.315 e. The molecule has 3 aromatic carbocycles. The van der Waals surface area contributed by atoms with Crippen molar-refractivity contribution in [3.8, 4) is 0 Å². The number of urea groups is 1. The first-order valence-corrected chi connectivity index (χ1v) is 14.2. The van der Waals surface area contributed by atoms with Crippen molar-refractivity contribution in [2.75, 3.05) is 11.3 Å². The predicted octanol–water partition coefficient (Wildman–Crippen LogP) is 5.05. The first kappa shape index (κ1) is 28.4. The number of Topliss-reactive ketones (excluding diaryl/α,β-unsaturated/α-hetero) is 1. The molecule has 0 aromatic heterocycles. The zero-order valence-electron chi connectivity index (χ0n) is 20.5. The highest BCUT2D eigenvalue weighted by Gasteiger charge is 2.28. The SMILES string of the molecule is O=C(NCC(CC(=O)c1c(Cl)ccc(NS(=O)(=O)c2ccccc2)c1Cl)C(=O)O)N[C@@H]1CCc2ccccc21. The molecular weight excluding hydrogens is 565 g/mol. The van der Waals surface area contributed by atoms with Crippen LogP contribution >= 0.6 is 23.2 Å². The lowest BCUT2D eigenvalue weighted by atomic mass is 9.97. The molecule has 2 amide bonds. The number of hydrogen-bond donors (Lipinski definition) is 4. The minimum absolute atomic E-state index is 0.0136. The molecule has 4 N–H and O–H groups in total. The van der Waals surface area contributed by atoms with Crippen LogP contribution in [0.5, 0.6) is 0 Å². The summed E-state index contributed by atoms with van der Waals surface area (Å²) in [5, 5.41) is 14.7. The summed E-state index contributed by atoms with van der Waals surface area (Å²) in [5.74, 6) is -3.30. The molecule has 2 atom stereocenters. The van der Waals surface area contributed by atoms with Gasteiger partial charge in [-0.05, 0) is 48.2 Å². The highest BCUT2D eigenvalue weighted by Crippen LogP contribution is 2.35. The van der Waals surface area contributed by atoms with E-state index in [2.05, 4.69) is 15.4 Å². The first-order valence-electron chi connectivity index (χ1n) is 12.0. The molecule has 0 bridgehead atoms. The number of nitrogens with one attached hydrogen (secondary N) is 3. The number of sulfonamides is 1. The second kappa shape index (κ2) is 12.1. The van der Waals surface area contributed by atoms with E-state index < -0.39 is 40.1 Å². The largest absolute Gasteiger partial charge is 0.481 e. The van der Waals surface area contributed by atoms with Gasteiger partial charge in [-0.25, -0.2) is 13.2 Å². The lowest BCUT2D eigenvalue weighted by Crippen LogP contribution is -2.41. The van der Waals surface area contributed by atoms with E-state index in [1.54, 1.807) is 18.2 Å². The lowest BCUT2D eigenvalue weighted by molar-refractivity contribution is -0.141. The second-order valence-corrected chi connectivity index (χ2v) is 11.5. The van der Waals surface area contributed by atoms with Gasteiger partial charge >= 0.3 is 12.0 Å².